The van der Waals surface area contributed by atoms with Gasteiger partial charge in [-0.1, -0.05) is 24.3 Å². The van der Waals surface area contributed by atoms with Crippen molar-refractivity contribution in [3.05, 3.63) is 53.3 Å². The molecule has 0 bridgehead atoms. The van der Waals surface area contributed by atoms with E-state index in [-0.39, 0.29) is 0 Å². The first kappa shape index (κ1) is 16.5. The molecule has 2 aromatic rings. The summed E-state index contributed by atoms with van der Waals surface area (Å²) in [7, 11) is 2.19. The van der Waals surface area contributed by atoms with Gasteiger partial charge in [-0.05, 0) is 43.9 Å². The van der Waals surface area contributed by atoms with Crippen LogP contribution >= 0.6 is 0 Å². The zero-order valence-electron chi connectivity index (χ0n) is 14.8. The summed E-state index contributed by atoms with van der Waals surface area (Å²) in [5.74, 6) is 0.690. The Bertz CT molecular complexity index is 672. The third-order valence-corrected chi connectivity index (χ3v) is 5.30. The smallest absolute Gasteiger partial charge is 0.222 e. The van der Waals surface area contributed by atoms with Gasteiger partial charge in [0.2, 0.25) is 5.95 Å². The Hall–Kier alpha value is -1.98. The Labute approximate surface area is 149 Å². The minimum atomic E-state index is 0.304. The van der Waals surface area contributed by atoms with Crippen LogP contribution in [0.3, 0.4) is 0 Å². The van der Waals surface area contributed by atoms with Gasteiger partial charge in [-0.2, -0.15) is 0 Å². The first-order valence-electron chi connectivity index (χ1n) is 9.21. The van der Waals surface area contributed by atoms with Crippen LogP contribution < -0.4 is 5.32 Å². The van der Waals surface area contributed by atoms with Gasteiger partial charge in [0.15, 0.2) is 0 Å². The van der Waals surface area contributed by atoms with Crippen molar-refractivity contribution in [3.8, 4) is 0 Å². The molecule has 2 heterocycles. The van der Waals surface area contributed by atoms with Crippen molar-refractivity contribution in [2.45, 2.75) is 44.4 Å². The van der Waals surface area contributed by atoms with Crippen molar-refractivity contribution in [3.63, 3.8) is 0 Å². The van der Waals surface area contributed by atoms with Gasteiger partial charge in [-0.3, -0.25) is 4.90 Å². The first-order valence-corrected chi connectivity index (χ1v) is 9.21. The monoisotopic (exact) mass is 338 g/mol. The third-order valence-electron chi connectivity index (χ3n) is 5.30. The van der Waals surface area contributed by atoms with Gasteiger partial charge >= 0.3 is 0 Å². The molecule has 0 saturated carbocycles. The molecule has 5 nitrogen and oxygen atoms in total. The maximum atomic E-state index is 5.61. The average Bonchev–Trinajstić information content (AvgIpc) is 3.30. The summed E-state index contributed by atoms with van der Waals surface area (Å²) in [6.07, 6.45) is 8.72. The van der Waals surface area contributed by atoms with E-state index >= 15 is 0 Å². The van der Waals surface area contributed by atoms with E-state index in [0.717, 1.165) is 50.9 Å². The van der Waals surface area contributed by atoms with Gasteiger partial charge in [-0.25, -0.2) is 9.97 Å². The topological polar surface area (TPSA) is 50.3 Å². The lowest BCUT2D eigenvalue weighted by Gasteiger charge is -2.23. The van der Waals surface area contributed by atoms with Crippen molar-refractivity contribution in [1.29, 1.82) is 0 Å². The Morgan fingerprint density at radius 2 is 1.88 bits per heavy atom. The number of benzene rings is 1. The van der Waals surface area contributed by atoms with Crippen LogP contribution in [0.15, 0.2) is 36.7 Å². The zero-order chi connectivity index (χ0) is 17.1. The minimum Gasteiger partial charge on any atom is -0.376 e. The van der Waals surface area contributed by atoms with Crippen molar-refractivity contribution in [2.75, 3.05) is 25.5 Å². The molecule has 0 radical (unpaired) electrons. The number of fused-ring (bicyclic) bond motifs is 1. The maximum Gasteiger partial charge on any atom is 0.222 e. The standard InChI is InChI=1S/C20H26N4O/c1-24(18-9-16-5-2-3-6-17(16)10-18)14-15-11-21-20(22-12-15)23-13-19-7-4-8-25-19/h2-3,5-6,11-12,18-19H,4,7-10,13-14H2,1H3,(H,21,22,23). The van der Waals surface area contributed by atoms with Gasteiger partial charge in [0, 0.05) is 43.7 Å². The lowest BCUT2D eigenvalue weighted by Crippen LogP contribution is -2.31. The van der Waals surface area contributed by atoms with E-state index in [9.17, 15) is 0 Å². The molecular weight excluding hydrogens is 312 g/mol. The molecule has 1 aliphatic carbocycles. The number of aromatic nitrogens is 2. The SMILES string of the molecule is CN(Cc1cnc(NCC2CCCO2)nc1)C1Cc2ccccc2C1. The second kappa shape index (κ2) is 7.50. The van der Waals surface area contributed by atoms with E-state index in [4.69, 9.17) is 4.74 Å². The van der Waals surface area contributed by atoms with Crippen LogP contribution in [0.1, 0.15) is 29.5 Å². The van der Waals surface area contributed by atoms with Crippen LogP contribution in [0.4, 0.5) is 5.95 Å². The number of rotatable bonds is 6. The van der Waals surface area contributed by atoms with E-state index in [1.54, 1.807) is 0 Å². The van der Waals surface area contributed by atoms with E-state index in [1.807, 2.05) is 12.4 Å². The van der Waals surface area contributed by atoms with Crippen LogP contribution in [-0.4, -0.2) is 47.2 Å². The summed E-state index contributed by atoms with van der Waals surface area (Å²) in [5.41, 5.74) is 4.13. The molecule has 1 unspecified atom stereocenters. The molecule has 4 rings (SSSR count). The number of anilines is 1. The quantitative estimate of drug-likeness (QED) is 0.877. The van der Waals surface area contributed by atoms with Crippen LogP contribution in [0.25, 0.3) is 0 Å². The first-order chi connectivity index (χ1) is 12.3. The Kier molecular flexibility index (Phi) is 4.95. The highest BCUT2D eigenvalue weighted by molar-refractivity contribution is 5.33. The van der Waals surface area contributed by atoms with E-state index < -0.39 is 0 Å². The number of hydrogen-bond donors (Lipinski definition) is 1. The van der Waals surface area contributed by atoms with Gasteiger partial charge < -0.3 is 10.1 Å². The van der Waals surface area contributed by atoms with E-state index in [0.29, 0.717) is 18.1 Å². The Balaban J connectivity index is 1.29. The fraction of sp³-hybridized carbons (Fsp3) is 0.500. The predicted molar refractivity (Wildman–Crippen MR) is 98.6 cm³/mol. The third kappa shape index (κ3) is 3.99. The molecule has 2 aliphatic rings. The highest BCUT2D eigenvalue weighted by atomic mass is 16.5. The van der Waals surface area contributed by atoms with Crippen molar-refractivity contribution in [2.24, 2.45) is 0 Å². The molecule has 25 heavy (non-hydrogen) atoms. The summed E-state index contributed by atoms with van der Waals surface area (Å²) >= 11 is 0. The summed E-state index contributed by atoms with van der Waals surface area (Å²) in [4.78, 5) is 11.3. The molecule has 1 atom stereocenters. The van der Waals surface area contributed by atoms with Gasteiger partial charge in [0.1, 0.15) is 0 Å². The van der Waals surface area contributed by atoms with Crippen molar-refractivity contribution in [1.82, 2.24) is 14.9 Å². The van der Waals surface area contributed by atoms with Crippen LogP contribution in [0, 0.1) is 0 Å². The number of hydrogen-bond acceptors (Lipinski definition) is 5. The molecule has 1 aromatic carbocycles. The summed E-state index contributed by atoms with van der Waals surface area (Å²) in [6, 6.07) is 9.34. The fourth-order valence-corrected chi connectivity index (χ4v) is 3.80. The van der Waals surface area contributed by atoms with Crippen molar-refractivity contribution < 1.29 is 4.74 Å². The largest absolute Gasteiger partial charge is 0.376 e. The second-order valence-electron chi connectivity index (χ2n) is 7.18. The predicted octanol–water partition coefficient (Wildman–Crippen LogP) is 2.67. The average molecular weight is 338 g/mol. The van der Waals surface area contributed by atoms with Gasteiger partial charge in [0.05, 0.1) is 6.10 Å². The molecule has 1 N–H and O–H groups in total. The summed E-state index contributed by atoms with van der Waals surface area (Å²) in [6.45, 7) is 2.55. The molecule has 5 heteroatoms. The fourth-order valence-electron chi connectivity index (χ4n) is 3.80. The maximum absolute atomic E-state index is 5.61. The van der Waals surface area contributed by atoms with Crippen molar-refractivity contribution >= 4 is 5.95 Å². The zero-order valence-corrected chi connectivity index (χ0v) is 14.8. The van der Waals surface area contributed by atoms with Crippen LogP contribution in [0.5, 0.6) is 0 Å². The number of ether oxygens (including phenoxy) is 1. The van der Waals surface area contributed by atoms with Crippen LogP contribution in [0.2, 0.25) is 0 Å². The highest BCUT2D eigenvalue weighted by Crippen LogP contribution is 2.25. The molecule has 0 spiro atoms. The minimum absolute atomic E-state index is 0.304. The molecule has 1 saturated heterocycles. The lowest BCUT2D eigenvalue weighted by atomic mass is 10.1. The molecule has 132 valence electrons. The normalized spacial score (nSPS) is 20.2. The van der Waals surface area contributed by atoms with Gasteiger partial charge in [-0.15, -0.1) is 0 Å². The summed E-state index contributed by atoms with van der Waals surface area (Å²) in [5, 5.41) is 3.27. The van der Waals surface area contributed by atoms with Crippen LogP contribution in [-0.2, 0) is 24.1 Å². The van der Waals surface area contributed by atoms with E-state index in [2.05, 4.69) is 51.5 Å². The number of likely N-dealkylation sites (N-methyl/N-ethyl adjacent to an activating group) is 1. The Morgan fingerprint density at radius 1 is 1.16 bits per heavy atom. The molecule has 0 amide bonds. The summed E-state index contributed by atoms with van der Waals surface area (Å²) < 4.78 is 5.61. The molecule has 1 aliphatic heterocycles. The highest BCUT2D eigenvalue weighted by Gasteiger charge is 2.24. The second-order valence-corrected chi connectivity index (χ2v) is 7.18. The van der Waals surface area contributed by atoms with Gasteiger partial charge in [0.25, 0.3) is 0 Å². The molecular formula is C20H26N4O. The molecule has 1 fully saturated rings. The number of nitrogens with one attached hydrogen (secondary N) is 1. The number of nitrogens with zero attached hydrogens (tertiary/aromatic N) is 3. The Morgan fingerprint density at radius 3 is 2.52 bits per heavy atom. The molecule has 1 aromatic heterocycles. The lowest BCUT2D eigenvalue weighted by molar-refractivity contribution is 0.120. The van der Waals surface area contributed by atoms with E-state index in [1.165, 1.54) is 11.1 Å².